The second kappa shape index (κ2) is 13.4. The van der Waals surface area contributed by atoms with E-state index >= 15 is 0 Å². The van der Waals surface area contributed by atoms with Gasteiger partial charge in [-0.15, -0.1) is 11.3 Å². The summed E-state index contributed by atoms with van der Waals surface area (Å²) in [6, 6.07) is 49.5. The van der Waals surface area contributed by atoms with Gasteiger partial charge in [0.15, 0.2) is 5.58 Å². The van der Waals surface area contributed by atoms with Crippen LogP contribution in [0.3, 0.4) is 0 Å². The van der Waals surface area contributed by atoms with Gasteiger partial charge in [-0.05, 0) is 132 Å². The maximum absolute atomic E-state index is 7.23. The first kappa shape index (κ1) is 37.7. The van der Waals surface area contributed by atoms with Crippen LogP contribution in [0.5, 0.6) is 11.5 Å². The molecule has 2 aromatic heterocycles. The van der Waals surface area contributed by atoms with Crippen LogP contribution in [0.4, 0.5) is 34.1 Å². The van der Waals surface area contributed by atoms with Crippen LogP contribution in [0, 0.1) is 20.8 Å². The van der Waals surface area contributed by atoms with Crippen LogP contribution in [0.15, 0.2) is 138 Å². The van der Waals surface area contributed by atoms with Crippen LogP contribution >= 0.6 is 11.3 Å². The van der Waals surface area contributed by atoms with E-state index in [0.717, 1.165) is 73.1 Å². The number of nitrogens with zero attached hydrogens (tertiary/aromatic N) is 2. The predicted molar refractivity (Wildman–Crippen MR) is 261 cm³/mol. The van der Waals surface area contributed by atoms with E-state index in [1.165, 1.54) is 48.0 Å². The topological polar surface area (TPSA) is 28.9 Å². The fraction of sp³-hybridized carbons (Fsp3) is 0.200. The molecule has 0 atom stereocenters. The van der Waals surface area contributed by atoms with Crippen molar-refractivity contribution in [3.8, 4) is 11.5 Å². The van der Waals surface area contributed by atoms with Crippen LogP contribution < -0.4 is 30.2 Å². The molecule has 2 aliphatic heterocycles. The number of hydrogen-bond donors (Lipinski definition) is 0. The summed E-state index contributed by atoms with van der Waals surface area (Å²) in [5, 5.41) is 3.37. The molecule has 0 aliphatic carbocycles. The number of anilines is 6. The third kappa shape index (κ3) is 5.94. The minimum atomic E-state index is -0.0976. The van der Waals surface area contributed by atoms with Gasteiger partial charge >= 0.3 is 0 Å². The maximum Gasteiger partial charge on any atom is 0.269 e. The van der Waals surface area contributed by atoms with Crippen LogP contribution in [0.2, 0.25) is 0 Å². The van der Waals surface area contributed by atoms with Gasteiger partial charge in [-0.1, -0.05) is 113 Å². The summed E-state index contributed by atoms with van der Waals surface area (Å²) >= 11 is 1.87. The lowest BCUT2D eigenvalue weighted by Gasteiger charge is -2.40. The first-order valence-electron chi connectivity index (χ1n) is 21.4. The Kier molecular flexibility index (Phi) is 8.28. The average molecular weight is 813 g/mol. The SMILES string of the molecule is Cc1ccc(N(c2ccc(C)cc2)c2cc3c(c4c2oc2ccccc24)N(c2ccc(C(C)(C)C)cc2)c2cc(C)cc4c2B3c2sc3ccc(C(C)(C)C)cc3c2O4)cc1. The lowest BCUT2D eigenvalue weighted by Crippen LogP contribution is -2.58. The van der Waals surface area contributed by atoms with Gasteiger partial charge in [0, 0.05) is 43.0 Å². The van der Waals surface area contributed by atoms with Crippen molar-refractivity contribution in [1.82, 2.24) is 0 Å². The Bertz CT molecular complexity index is 3170. The second-order valence-corrected chi connectivity index (χ2v) is 20.3. The standard InChI is InChI=1S/C55H49BN2O2S/c1-32-14-21-37(22-15-32)57(38-23-16-33(2)17-24-38)44-31-42-50(48-40-12-10-11-13-45(40)59-52(44)48)58(39-25-18-35(19-26-39)54(4,5)6)43-28-34(3)29-46-49(43)56(42)53-51(60-46)41-30-36(55(7,8)9)20-27-47(41)61-53/h10-31H,1-9H3. The van der Waals surface area contributed by atoms with Gasteiger partial charge < -0.3 is 19.0 Å². The van der Waals surface area contributed by atoms with Crippen molar-refractivity contribution in [2.45, 2.75) is 73.1 Å². The molecule has 0 spiro atoms. The molecule has 4 heterocycles. The Morgan fingerprint density at radius 1 is 0.623 bits per heavy atom. The van der Waals surface area contributed by atoms with Gasteiger partial charge in [0.05, 0.1) is 16.8 Å². The minimum Gasteiger partial charge on any atom is -0.457 e. The number of hydrogen-bond acceptors (Lipinski definition) is 5. The summed E-state index contributed by atoms with van der Waals surface area (Å²) in [4.78, 5) is 4.89. The van der Waals surface area contributed by atoms with Crippen LogP contribution in [0.25, 0.3) is 32.0 Å². The fourth-order valence-corrected chi connectivity index (χ4v) is 10.8. The summed E-state index contributed by atoms with van der Waals surface area (Å²) in [6.45, 7) is 20.1. The molecule has 0 fully saturated rings. The summed E-state index contributed by atoms with van der Waals surface area (Å²) in [5.74, 6) is 1.89. The predicted octanol–water partition coefficient (Wildman–Crippen LogP) is 14.2. The van der Waals surface area contributed by atoms with Crippen LogP contribution in [0.1, 0.15) is 69.4 Å². The van der Waals surface area contributed by atoms with Gasteiger partial charge in [0.2, 0.25) is 0 Å². The second-order valence-electron chi connectivity index (χ2n) is 19.3. The lowest BCUT2D eigenvalue weighted by atomic mass is 9.36. The molecule has 61 heavy (non-hydrogen) atoms. The number of benzene rings is 7. The molecule has 4 nitrogen and oxygen atoms in total. The Morgan fingerprint density at radius 2 is 1.26 bits per heavy atom. The highest BCUT2D eigenvalue weighted by molar-refractivity contribution is 7.33. The highest BCUT2D eigenvalue weighted by atomic mass is 32.1. The monoisotopic (exact) mass is 812 g/mol. The number of ether oxygens (including phenoxy) is 1. The Balaban J connectivity index is 1.30. The van der Waals surface area contributed by atoms with Crippen molar-refractivity contribution in [3.05, 3.63) is 161 Å². The molecule has 0 radical (unpaired) electrons. The van der Waals surface area contributed by atoms with Gasteiger partial charge in [-0.25, -0.2) is 0 Å². The maximum atomic E-state index is 7.23. The number of para-hydroxylation sites is 1. The van der Waals surface area contributed by atoms with Crippen LogP contribution in [-0.4, -0.2) is 6.71 Å². The molecule has 7 aromatic carbocycles. The van der Waals surface area contributed by atoms with Crippen molar-refractivity contribution in [2.75, 3.05) is 9.80 Å². The molecule has 11 rings (SSSR count). The van der Waals surface area contributed by atoms with E-state index in [4.69, 9.17) is 9.15 Å². The number of furan rings is 1. The Hall–Kier alpha value is -6.24. The van der Waals surface area contributed by atoms with Gasteiger partial charge in [-0.3, -0.25) is 0 Å². The van der Waals surface area contributed by atoms with Gasteiger partial charge in [0.1, 0.15) is 17.1 Å². The molecule has 0 amide bonds. The zero-order chi connectivity index (χ0) is 42.1. The van der Waals surface area contributed by atoms with Crippen molar-refractivity contribution >= 4 is 99.9 Å². The largest absolute Gasteiger partial charge is 0.457 e. The number of rotatable bonds is 4. The zero-order valence-electron chi connectivity index (χ0n) is 36.4. The first-order valence-corrected chi connectivity index (χ1v) is 22.3. The minimum absolute atomic E-state index is 0.00190. The van der Waals surface area contributed by atoms with E-state index in [1.54, 1.807) is 0 Å². The van der Waals surface area contributed by atoms with E-state index in [0.29, 0.717) is 0 Å². The molecule has 0 bridgehead atoms. The average Bonchev–Trinajstić information content (AvgIpc) is 3.80. The van der Waals surface area contributed by atoms with E-state index < -0.39 is 0 Å². The highest BCUT2D eigenvalue weighted by Gasteiger charge is 2.46. The van der Waals surface area contributed by atoms with Gasteiger partial charge in [-0.2, -0.15) is 0 Å². The molecule has 0 saturated carbocycles. The van der Waals surface area contributed by atoms with E-state index in [9.17, 15) is 0 Å². The normalized spacial score (nSPS) is 13.4. The summed E-state index contributed by atoms with van der Waals surface area (Å²) < 4.78 is 16.9. The summed E-state index contributed by atoms with van der Waals surface area (Å²) in [5.41, 5.74) is 16.9. The molecule has 0 N–H and O–H groups in total. The molecular formula is C55H49BN2O2S. The number of thiophene rings is 1. The van der Waals surface area contributed by atoms with E-state index in [-0.39, 0.29) is 17.5 Å². The number of aryl methyl sites for hydroxylation is 3. The third-order valence-electron chi connectivity index (χ3n) is 12.8. The third-order valence-corrected chi connectivity index (χ3v) is 14.0. The van der Waals surface area contributed by atoms with Gasteiger partial charge in [0.25, 0.3) is 6.71 Å². The first-order chi connectivity index (χ1) is 29.2. The Labute approximate surface area is 363 Å². The van der Waals surface area contributed by atoms with E-state index in [2.05, 4.69) is 206 Å². The van der Waals surface area contributed by atoms with Crippen LogP contribution in [-0.2, 0) is 10.8 Å². The quantitative estimate of drug-likeness (QED) is 0.166. The van der Waals surface area contributed by atoms with E-state index in [1.807, 2.05) is 11.3 Å². The van der Waals surface area contributed by atoms with Crippen molar-refractivity contribution < 1.29 is 9.15 Å². The van der Waals surface area contributed by atoms with Crippen molar-refractivity contribution in [2.24, 2.45) is 0 Å². The molecule has 9 aromatic rings. The molecule has 6 heteroatoms. The molecule has 0 unspecified atom stereocenters. The highest BCUT2D eigenvalue weighted by Crippen LogP contribution is 2.52. The summed E-state index contributed by atoms with van der Waals surface area (Å²) in [6.07, 6.45) is 0. The summed E-state index contributed by atoms with van der Waals surface area (Å²) in [7, 11) is 0. The molecule has 0 saturated heterocycles. The van der Waals surface area contributed by atoms with Crippen molar-refractivity contribution in [1.29, 1.82) is 0 Å². The smallest absolute Gasteiger partial charge is 0.269 e. The zero-order valence-corrected chi connectivity index (χ0v) is 37.2. The van der Waals surface area contributed by atoms with Crippen molar-refractivity contribution in [3.63, 3.8) is 0 Å². The molecular weight excluding hydrogens is 763 g/mol. The fourth-order valence-electron chi connectivity index (χ4n) is 9.53. The lowest BCUT2D eigenvalue weighted by molar-refractivity contribution is 0.494. The molecule has 2 aliphatic rings. The Morgan fingerprint density at radius 3 is 1.92 bits per heavy atom. The molecule has 300 valence electrons. The number of fused-ring (bicyclic) bond motifs is 10.